The fraction of sp³-hybridized carbons (Fsp3) is 0.800. The number of hydrogen-bond donors (Lipinski definition) is 0. The van der Waals surface area contributed by atoms with E-state index in [0.717, 1.165) is 25.9 Å². The average Bonchev–Trinajstić information content (AvgIpc) is 1.94. The Balaban J connectivity index is 2.39. The summed E-state index contributed by atoms with van der Waals surface area (Å²) in [4.78, 5) is 13.5. The Bertz CT molecular complexity index is 165. The molecule has 1 heterocycles. The van der Waals surface area contributed by atoms with Crippen molar-refractivity contribution in [1.29, 1.82) is 0 Å². The van der Waals surface area contributed by atoms with E-state index < -0.39 is 0 Å². The van der Waals surface area contributed by atoms with Gasteiger partial charge in [0.1, 0.15) is 5.78 Å². The molecule has 12 heavy (non-hydrogen) atoms. The van der Waals surface area contributed by atoms with Crippen molar-refractivity contribution in [2.24, 2.45) is 0 Å². The van der Waals surface area contributed by atoms with E-state index in [0.29, 0.717) is 11.8 Å². The number of carbonyl (C=O) groups excluding carboxylic acids is 1. The first-order chi connectivity index (χ1) is 5.59. The van der Waals surface area contributed by atoms with Gasteiger partial charge in [-0.15, -0.1) is 0 Å². The number of nitrogens with zero attached hydrogens (tertiary/aromatic N) is 1. The van der Waals surface area contributed by atoms with E-state index in [4.69, 9.17) is 0 Å². The van der Waals surface area contributed by atoms with E-state index in [1.807, 2.05) is 0 Å². The molecule has 1 fully saturated rings. The highest BCUT2D eigenvalue weighted by Gasteiger charge is 2.23. The Kier molecular flexibility index (Phi) is 3.27. The summed E-state index contributed by atoms with van der Waals surface area (Å²) in [6, 6.07) is 0.446. The van der Waals surface area contributed by atoms with Crippen LogP contribution in [0.25, 0.3) is 0 Å². The molecule has 1 atom stereocenters. The molecule has 1 radical (unpaired) electrons. The number of hydrogen-bond acceptors (Lipinski definition) is 2. The van der Waals surface area contributed by atoms with Gasteiger partial charge < -0.3 is 0 Å². The van der Waals surface area contributed by atoms with Gasteiger partial charge in [0.2, 0.25) is 0 Å². The molecule has 69 valence electrons. The Hall–Kier alpha value is -0.370. The monoisotopic (exact) mass is 168 g/mol. The van der Waals surface area contributed by atoms with E-state index in [1.54, 1.807) is 0 Å². The smallest absolute Gasteiger partial charge is 0.135 e. The Morgan fingerprint density at radius 3 is 2.75 bits per heavy atom. The minimum absolute atomic E-state index is 0.424. The molecule has 1 saturated heterocycles. The highest BCUT2D eigenvalue weighted by Crippen LogP contribution is 2.15. The van der Waals surface area contributed by atoms with Gasteiger partial charge in [0.05, 0.1) is 0 Å². The van der Waals surface area contributed by atoms with E-state index in [-0.39, 0.29) is 0 Å². The number of rotatable bonds is 2. The van der Waals surface area contributed by atoms with Crippen LogP contribution >= 0.6 is 0 Å². The van der Waals surface area contributed by atoms with Crippen LogP contribution in [0.2, 0.25) is 0 Å². The first kappa shape index (κ1) is 9.72. The van der Waals surface area contributed by atoms with Crippen molar-refractivity contribution < 1.29 is 4.79 Å². The van der Waals surface area contributed by atoms with Gasteiger partial charge in [0, 0.05) is 32.0 Å². The number of likely N-dealkylation sites (tertiary alicyclic amines) is 1. The standard InChI is InChI=1S/C10H18NO/c1-8(2)7-11-5-4-10(12)6-9(11)3/h9H,4-7H2,1-3H3. The minimum atomic E-state index is 0.424. The summed E-state index contributed by atoms with van der Waals surface area (Å²) < 4.78 is 0. The maximum atomic E-state index is 11.1. The Morgan fingerprint density at radius 1 is 1.58 bits per heavy atom. The summed E-state index contributed by atoms with van der Waals surface area (Å²) in [6.45, 7) is 8.42. The normalized spacial score (nSPS) is 26.7. The molecule has 0 aromatic carbocycles. The van der Waals surface area contributed by atoms with Crippen molar-refractivity contribution >= 4 is 5.78 Å². The zero-order chi connectivity index (χ0) is 9.14. The third-order valence-electron chi connectivity index (χ3n) is 2.34. The van der Waals surface area contributed by atoms with E-state index >= 15 is 0 Å². The molecule has 1 aliphatic rings. The molecule has 0 N–H and O–H groups in total. The molecule has 1 aliphatic heterocycles. The van der Waals surface area contributed by atoms with Crippen molar-refractivity contribution in [1.82, 2.24) is 4.90 Å². The van der Waals surface area contributed by atoms with Crippen LogP contribution in [0.5, 0.6) is 0 Å². The number of carbonyl (C=O) groups is 1. The highest BCUT2D eigenvalue weighted by molar-refractivity contribution is 5.79. The predicted octanol–water partition coefficient (Wildman–Crippen LogP) is 1.65. The molecule has 0 aliphatic carbocycles. The zero-order valence-corrected chi connectivity index (χ0v) is 8.26. The maximum Gasteiger partial charge on any atom is 0.135 e. The summed E-state index contributed by atoms with van der Waals surface area (Å²) in [5, 5.41) is 0. The molecule has 0 spiro atoms. The van der Waals surface area contributed by atoms with E-state index in [2.05, 4.69) is 25.7 Å². The molecule has 2 heteroatoms. The lowest BCUT2D eigenvalue weighted by molar-refractivity contribution is -0.122. The van der Waals surface area contributed by atoms with Crippen LogP contribution < -0.4 is 0 Å². The second-order valence-corrected chi connectivity index (χ2v) is 4.02. The van der Waals surface area contributed by atoms with Gasteiger partial charge in [-0.25, -0.2) is 0 Å². The predicted molar refractivity (Wildman–Crippen MR) is 49.9 cm³/mol. The molecule has 0 saturated carbocycles. The summed E-state index contributed by atoms with van der Waals surface area (Å²) in [7, 11) is 0. The van der Waals surface area contributed by atoms with Gasteiger partial charge in [-0.1, -0.05) is 13.8 Å². The lowest BCUT2D eigenvalue weighted by Crippen LogP contribution is -2.42. The molecule has 1 unspecified atom stereocenters. The average molecular weight is 168 g/mol. The van der Waals surface area contributed by atoms with Gasteiger partial charge in [0.15, 0.2) is 0 Å². The topological polar surface area (TPSA) is 20.3 Å². The molecule has 0 bridgehead atoms. The Labute approximate surface area is 74.9 Å². The second-order valence-electron chi connectivity index (χ2n) is 4.02. The van der Waals surface area contributed by atoms with Gasteiger partial charge >= 0.3 is 0 Å². The second kappa shape index (κ2) is 4.04. The molecule has 0 amide bonds. The molecule has 0 aromatic rings. The fourth-order valence-corrected chi connectivity index (χ4v) is 1.69. The molecule has 1 rings (SSSR count). The van der Waals surface area contributed by atoms with Crippen LogP contribution in [0.4, 0.5) is 0 Å². The minimum Gasteiger partial charge on any atom is -0.300 e. The first-order valence-corrected chi connectivity index (χ1v) is 4.64. The van der Waals surface area contributed by atoms with Crippen molar-refractivity contribution in [3.63, 3.8) is 0 Å². The zero-order valence-electron chi connectivity index (χ0n) is 8.26. The van der Waals surface area contributed by atoms with Crippen molar-refractivity contribution in [2.45, 2.75) is 39.7 Å². The fourth-order valence-electron chi connectivity index (χ4n) is 1.69. The van der Waals surface area contributed by atoms with Crippen LogP contribution in [-0.2, 0) is 4.79 Å². The van der Waals surface area contributed by atoms with Gasteiger partial charge in [-0.3, -0.25) is 9.69 Å². The van der Waals surface area contributed by atoms with Crippen LogP contribution in [0.1, 0.15) is 33.6 Å². The largest absolute Gasteiger partial charge is 0.300 e. The van der Waals surface area contributed by atoms with Crippen molar-refractivity contribution in [2.75, 3.05) is 13.1 Å². The lowest BCUT2D eigenvalue weighted by atomic mass is 10.0. The highest BCUT2D eigenvalue weighted by atomic mass is 16.1. The third kappa shape index (κ3) is 2.59. The van der Waals surface area contributed by atoms with Crippen LogP contribution in [0.15, 0.2) is 0 Å². The lowest BCUT2D eigenvalue weighted by Gasteiger charge is -2.33. The Morgan fingerprint density at radius 2 is 2.25 bits per heavy atom. The van der Waals surface area contributed by atoms with E-state index in [9.17, 15) is 4.79 Å². The van der Waals surface area contributed by atoms with Crippen molar-refractivity contribution in [3.8, 4) is 0 Å². The molecule has 0 aromatic heterocycles. The maximum absolute atomic E-state index is 11.1. The summed E-state index contributed by atoms with van der Waals surface area (Å²) in [6.07, 6.45) is 1.49. The van der Waals surface area contributed by atoms with Gasteiger partial charge in [0.25, 0.3) is 0 Å². The summed E-state index contributed by atoms with van der Waals surface area (Å²) >= 11 is 0. The van der Waals surface area contributed by atoms with E-state index in [1.165, 1.54) is 5.92 Å². The third-order valence-corrected chi connectivity index (χ3v) is 2.34. The molecule has 2 nitrogen and oxygen atoms in total. The summed E-state index contributed by atoms with van der Waals surface area (Å²) in [5.41, 5.74) is 0. The number of Topliss-reactive ketones (excluding diaryl/α,β-unsaturated/α-hetero) is 1. The summed E-state index contributed by atoms with van der Waals surface area (Å²) in [5.74, 6) is 1.85. The molecular formula is C10H18NO. The quantitative estimate of drug-likeness (QED) is 0.625. The molecular weight excluding hydrogens is 150 g/mol. The van der Waals surface area contributed by atoms with Gasteiger partial charge in [-0.05, 0) is 12.8 Å². The van der Waals surface area contributed by atoms with Crippen LogP contribution in [-0.4, -0.2) is 29.8 Å². The first-order valence-electron chi connectivity index (χ1n) is 4.64. The van der Waals surface area contributed by atoms with Gasteiger partial charge in [-0.2, -0.15) is 0 Å². The van der Waals surface area contributed by atoms with Crippen LogP contribution in [0, 0.1) is 5.92 Å². The SMILES string of the molecule is C[C](C)CN1CCC(=O)CC1C. The number of ketones is 1. The van der Waals surface area contributed by atoms with Crippen molar-refractivity contribution in [3.05, 3.63) is 5.92 Å². The number of piperidine rings is 1. The van der Waals surface area contributed by atoms with Crippen LogP contribution in [0.3, 0.4) is 0 Å².